The summed E-state index contributed by atoms with van der Waals surface area (Å²) in [7, 11) is -4.67. The van der Waals surface area contributed by atoms with Gasteiger partial charge in [-0.25, -0.2) is 0 Å². The lowest BCUT2D eigenvalue weighted by atomic mass is 10.1. The fourth-order valence-electron chi connectivity index (χ4n) is 0.606. The van der Waals surface area contributed by atoms with E-state index in [9.17, 15) is 4.21 Å². The van der Waals surface area contributed by atoms with Crippen LogP contribution in [0.1, 0.15) is 13.3 Å². The molecule has 86 valence electrons. The lowest BCUT2D eigenvalue weighted by Gasteiger charge is -2.00. The van der Waals surface area contributed by atoms with Gasteiger partial charge in [-0.2, -0.15) is 12.6 Å². The summed E-state index contributed by atoms with van der Waals surface area (Å²) in [6.45, 7) is 3.15. The minimum Gasteiger partial charge on any atom is -0.268 e. The van der Waals surface area contributed by atoms with Crippen molar-refractivity contribution < 1.29 is 30.1 Å². The quantitative estimate of drug-likeness (QED) is 0.580. The molecule has 2 N–H and O–H groups in total. The molecule has 1 aliphatic heterocycles. The minimum atomic E-state index is -4.67. The second-order valence-electron chi connectivity index (χ2n) is 2.65. The highest BCUT2D eigenvalue weighted by Gasteiger charge is 2.11. The van der Waals surface area contributed by atoms with Crippen molar-refractivity contribution in [2.45, 2.75) is 13.3 Å². The van der Waals surface area contributed by atoms with Crippen LogP contribution in [0.2, 0.25) is 0 Å². The highest BCUT2D eigenvalue weighted by molar-refractivity contribution is 7.79. The third-order valence-electron chi connectivity index (χ3n) is 1.24. The summed E-state index contributed by atoms with van der Waals surface area (Å²) < 4.78 is 51.6. The monoisotopic (exact) mass is 248 g/mol. The van der Waals surface area contributed by atoms with E-state index in [1.165, 1.54) is 0 Å². The summed E-state index contributed by atoms with van der Waals surface area (Å²) in [5.41, 5.74) is 0. The van der Waals surface area contributed by atoms with Crippen molar-refractivity contribution in [1.29, 1.82) is 0 Å². The van der Waals surface area contributed by atoms with Gasteiger partial charge in [0.25, 0.3) is 0 Å². The molecule has 1 saturated heterocycles. The van der Waals surface area contributed by atoms with E-state index in [2.05, 4.69) is 0 Å². The molecule has 1 fully saturated rings. The average molecular weight is 248 g/mol. The van der Waals surface area contributed by atoms with Gasteiger partial charge < -0.3 is 0 Å². The number of rotatable bonds is 0. The van der Waals surface area contributed by atoms with E-state index in [4.69, 9.17) is 25.9 Å². The average Bonchev–Trinajstić information content (AvgIpc) is 2.12. The molecule has 0 aromatic rings. The van der Waals surface area contributed by atoms with E-state index < -0.39 is 21.8 Å². The fourth-order valence-corrected chi connectivity index (χ4v) is 1.25. The molecule has 0 aliphatic carbocycles. The maximum absolute atomic E-state index is 10.5. The summed E-state index contributed by atoms with van der Waals surface area (Å²) >= 11 is -1.48. The molecule has 2 unspecified atom stereocenters. The zero-order valence-corrected chi connectivity index (χ0v) is 9.08. The van der Waals surface area contributed by atoms with Crippen LogP contribution >= 0.6 is 0 Å². The summed E-state index contributed by atoms with van der Waals surface area (Å²) in [6.07, 6.45) is 0.936. The van der Waals surface area contributed by atoms with Crippen molar-refractivity contribution in [2.24, 2.45) is 5.92 Å². The first kappa shape index (κ1) is 13.9. The van der Waals surface area contributed by atoms with E-state index in [1.807, 2.05) is 6.92 Å². The molecule has 1 aliphatic rings. The normalized spacial score (nSPS) is 28.5. The molecular weight excluding hydrogens is 236 g/mol. The summed E-state index contributed by atoms with van der Waals surface area (Å²) in [5.74, 6) is 0.469. The molecule has 7 nitrogen and oxygen atoms in total. The van der Waals surface area contributed by atoms with Crippen molar-refractivity contribution in [3.8, 4) is 0 Å². The minimum absolute atomic E-state index is 0.469. The van der Waals surface area contributed by atoms with Gasteiger partial charge in [-0.1, -0.05) is 6.92 Å². The number of hydrogen-bond acceptors (Lipinski definition) is 5. The lowest BCUT2D eigenvalue weighted by Crippen LogP contribution is -2.02. The van der Waals surface area contributed by atoms with Gasteiger partial charge in [0, 0.05) is 0 Å². The van der Waals surface area contributed by atoms with Gasteiger partial charge in [0.05, 0.1) is 13.2 Å². The Morgan fingerprint density at radius 2 is 1.86 bits per heavy atom. The zero-order valence-electron chi connectivity index (χ0n) is 7.45. The van der Waals surface area contributed by atoms with Crippen molar-refractivity contribution in [3.05, 3.63) is 0 Å². The number of hydrogen-bond donors (Lipinski definition) is 2. The van der Waals surface area contributed by atoms with Gasteiger partial charge in [0.15, 0.2) is 0 Å². The molecule has 0 aromatic carbocycles. The van der Waals surface area contributed by atoms with Crippen LogP contribution in [-0.4, -0.2) is 34.9 Å². The molecule has 0 amide bonds. The van der Waals surface area contributed by atoms with Crippen molar-refractivity contribution in [3.63, 3.8) is 0 Å². The third-order valence-corrected chi connectivity index (χ3v) is 1.93. The SMILES string of the molecule is CC1CCOS(=O)OC1.O=S(=O)(O)O. The van der Waals surface area contributed by atoms with Gasteiger partial charge in [0.1, 0.15) is 0 Å². The Hall–Kier alpha value is -0.0600. The predicted octanol–water partition coefficient (Wildman–Crippen LogP) is -0.0147. The standard InChI is InChI=1S/C5H10O3S.H2O4S/c1-5-2-3-7-9(6)8-4-5;1-5(2,3)4/h5H,2-4H2,1H3;(H2,1,2,3,4). The van der Waals surface area contributed by atoms with Gasteiger partial charge >= 0.3 is 21.8 Å². The predicted molar refractivity (Wildman–Crippen MR) is 48.0 cm³/mol. The zero-order chi connectivity index (χ0) is 11.2. The topological polar surface area (TPSA) is 110 Å². The largest absolute Gasteiger partial charge is 0.394 e. The van der Waals surface area contributed by atoms with Crippen molar-refractivity contribution in [1.82, 2.24) is 0 Å². The van der Waals surface area contributed by atoms with E-state index in [1.54, 1.807) is 0 Å². The smallest absolute Gasteiger partial charge is 0.268 e. The molecule has 9 heteroatoms. The molecule has 0 spiro atoms. The van der Waals surface area contributed by atoms with E-state index in [0.29, 0.717) is 19.1 Å². The second kappa shape index (κ2) is 6.43. The summed E-state index contributed by atoms with van der Waals surface area (Å²) in [6, 6.07) is 0. The van der Waals surface area contributed by atoms with Crippen LogP contribution in [0.4, 0.5) is 0 Å². The lowest BCUT2D eigenvalue weighted by molar-refractivity contribution is 0.278. The molecular formula is C5H12O7S2. The maximum Gasteiger partial charge on any atom is 0.394 e. The Morgan fingerprint density at radius 1 is 1.36 bits per heavy atom. The maximum atomic E-state index is 10.5. The molecule has 1 heterocycles. The highest BCUT2D eigenvalue weighted by Crippen LogP contribution is 2.09. The van der Waals surface area contributed by atoms with E-state index in [-0.39, 0.29) is 0 Å². The Morgan fingerprint density at radius 3 is 2.36 bits per heavy atom. The molecule has 0 bridgehead atoms. The molecule has 0 radical (unpaired) electrons. The molecule has 0 aromatic heterocycles. The van der Waals surface area contributed by atoms with Crippen LogP contribution in [0.5, 0.6) is 0 Å². The Bertz CT molecular complexity index is 264. The molecule has 1 rings (SSSR count). The Kier molecular flexibility index (Phi) is 6.40. The van der Waals surface area contributed by atoms with Gasteiger partial charge in [0.2, 0.25) is 0 Å². The first-order valence-corrected chi connectivity index (χ1v) is 6.07. The van der Waals surface area contributed by atoms with E-state index >= 15 is 0 Å². The van der Waals surface area contributed by atoms with Crippen LogP contribution in [0.25, 0.3) is 0 Å². The molecule has 2 atom stereocenters. The van der Waals surface area contributed by atoms with Gasteiger partial charge in [-0.3, -0.25) is 17.5 Å². The Labute approximate surface area is 84.9 Å². The van der Waals surface area contributed by atoms with Crippen LogP contribution < -0.4 is 0 Å². The molecule has 14 heavy (non-hydrogen) atoms. The fraction of sp³-hybridized carbons (Fsp3) is 1.00. The van der Waals surface area contributed by atoms with Crippen molar-refractivity contribution in [2.75, 3.05) is 13.2 Å². The van der Waals surface area contributed by atoms with Crippen LogP contribution in [0.3, 0.4) is 0 Å². The second-order valence-corrected chi connectivity index (χ2v) is 4.43. The van der Waals surface area contributed by atoms with Crippen LogP contribution in [0.15, 0.2) is 0 Å². The van der Waals surface area contributed by atoms with Crippen LogP contribution in [-0.2, 0) is 30.1 Å². The first-order chi connectivity index (χ1) is 6.29. The van der Waals surface area contributed by atoms with Gasteiger partial charge in [-0.05, 0) is 12.3 Å². The molecule has 0 saturated carbocycles. The summed E-state index contributed by atoms with van der Waals surface area (Å²) in [5, 5.41) is 0. The first-order valence-electron chi connectivity index (χ1n) is 3.67. The third kappa shape index (κ3) is 11.9. The van der Waals surface area contributed by atoms with Crippen LogP contribution in [0, 0.1) is 5.92 Å². The Balaban J connectivity index is 0.000000292. The highest BCUT2D eigenvalue weighted by atomic mass is 32.3. The van der Waals surface area contributed by atoms with E-state index in [0.717, 1.165) is 6.42 Å². The summed E-state index contributed by atoms with van der Waals surface area (Å²) in [4.78, 5) is 0. The van der Waals surface area contributed by atoms with Crippen molar-refractivity contribution >= 4 is 21.8 Å². The van der Waals surface area contributed by atoms with Gasteiger partial charge in [-0.15, -0.1) is 0 Å².